The summed E-state index contributed by atoms with van der Waals surface area (Å²) in [6.07, 6.45) is 3.60. The van der Waals surface area contributed by atoms with Crippen LogP contribution < -0.4 is 15.6 Å². The molecule has 0 amide bonds. The van der Waals surface area contributed by atoms with Crippen LogP contribution >= 0.6 is 0 Å². The Hall–Kier alpha value is -2.63. The number of halogens is 1. The molecule has 22 heavy (non-hydrogen) atoms. The van der Waals surface area contributed by atoms with Gasteiger partial charge in [0.15, 0.2) is 0 Å². The molecular weight excluding hydrogens is 285 g/mol. The SMILES string of the molecule is C=Cc1cnc(NCc2c(F)ccc3c2CCO3)n(C)c1=O. The van der Waals surface area contributed by atoms with Gasteiger partial charge in [-0.2, -0.15) is 0 Å². The summed E-state index contributed by atoms with van der Waals surface area (Å²) < 4.78 is 20.9. The molecule has 0 saturated heterocycles. The van der Waals surface area contributed by atoms with Crippen molar-refractivity contribution in [1.29, 1.82) is 0 Å². The number of benzene rings is 1. The summed E-state index contributed by atoms with van der Waals surface area (Å²) in [4.78, 5) is 16.2. The Morgan fingerprint density at radius 3 is 3.14 bits per heavy atom. The van der Waals surface area contributed by atoms with Gasteiger partial charge in [-0.1, -0.05) is 12.7 Å². The molecule has 0 bridgehead atoms. The van der Waals surface area contributed by atoms with Crippen LogP contribution in [0.3, 0.4) is 0 Å². The molecule has 2 aromatic rings. The fourth-order valence-electron chi connectivity index (χ4n) is 2.54. The topological polar surface area (TPSA) is 56.2 Å². The summed E-state index contributed by atoms with van der Waals surface area (Å²) in [5.74, 6) is 0.818. The molecule has 1 aliphatic heterocycles. The first kappa shape index (κ1) is 14.3. The van der Waals surface area contributed by atoms with Crippen LogP contribution in [0.25, 0.3) is 6.08 Å². The van der Waals surface area contributed by atoms with Gasteiger partial charge in [0, 0.05) is 37.3 Å². The predicted molar refractivity (Wildman–Crippen MR) is 82.5 cm³/mol. The third kappa shape index (κ3) is 2.36. The molecule has 114 valence electrons. The zero-order chi connectivity index (χ0) is 15.7. The van der Waals surface area contributed by atoms with E-state index in [-0.39, 0.29) is 17.9 Å². The van der Waals surface area contributed by atoms with Gasteiger partial charge in [-0.05, 0) is 12.1 Å². The van der Waals surface area contributed by atoms with E-state index in [9.17, 15) is 9.18 Å². The number of rotatable bonds is 4. The van der Waals surface area contributed by atoms with Gasteiger partial charge in [0.05, 0.1) is 12.2 Å². The molecule has 5 nitrogen and oxygen atoms in total. The minimum absolute atomic E-state index is 0.199. The van der Waals surface area contributed by atoms with E-state index in [1.807, 2.05) is 0 Å². The average molecular weight is 301 g/mol. The summed E-state index contributed by atoms with van der Waals surface area (Å²) in [7, 11) is 1.61. The van der Waals surface area contributed by atoms with Crippen molar-refractivity contribution in [1.82, 2.24) is 9.55 Å². The number of aromatic nitrogens is 2. The number of fused-ring (bicyclic) bond motifs is 1. The van der Waals surface area contributed by atoms with Crippen LogP contribution in [0.5, 0.6) is 5.75 Å². The van der Waals surface area contributed by atoms with E-state index in [4.69, 9.17) is 4.74 Å². The number of hydrogen-bond donors (Lipinski definition) is 1. The van der Waals surface area contributed by atoms with Crippen LogP contribution in [-0.4, -0.2) is 16.2 Å². The maximum atomic E-state index is 14.0. The second kappa shape index (κ2) is 5.63. The van der Waals surface area contributed by atoms with Crippen molar-refractivity contribution >= 4 is 12.0 Å². The Balaban J connectivity index is 1.88. The lowest BCUT2D eigenvalue weighted by atomic mass is 10.0. The third-order valence-corrected chi connectivity index (χ3v) is 3.78. The highest BCUT2D eigenvalue weighted by Gasteiger charge is 2.19. The quantitative estimate of drug-likeness (QED) is 0.939. The highest BCUT2D eigenvalue weighted by atomic mass is 19.1. The molecule has 1 aromatic heterocycles. The molecule has 0 atom stereocenters. The number of hydrogen-bond acceptors (Lipinski definition) is 4. The van der Waals surface area contributed by atoms with Crippen molar-refractivity contribution in [3.8, 4) is 5.75 Å². The molecule has 1 N–H and O–H groups in total. The van der Waals surface area contributed by atoms with Crippen LogP contribution in [0.15, 0.2) is 29.7 Å². The molecule has 0 saturated carbocycles. The maximum absolute atomic E-state index is 14.0. The molecular formula is C16H16FN3O2. The van der Waals surface area contributed by atoms with Crippen LogP contribution in [0.4, 0.5) is 10.3 Å². The number of nitrogens with one attached hydrogen (secondary N) is 1. The van der Waals surface area contributed by atoms with Gasteiger partial charge in [0.25, 0.3) is 5.56 Å². The highest BCUT2D eigenvalue weighted by Crippen LogP contribution is 2.30. The molecule has 1 aromatic carbocycles. The minimum Gasteiger partial charge on any atom is -0.493 e. The lowest BCUT2D eigenvalue weighted by Gasteiger charge is -2.13. The van der Waals surface area contributed by atoms with Crippen molar-refractivity contribution in [3.05, 3.63) is 57.8 Å². The first-order valence-electron chi connectivity index (χ1n) is 6.97. The molecule has 0 fully saturated rings. The first-order valence-corrected chi connectivity index (χ1v) is 6.97. The van der Waals surface area contributed by atoms with Gasteiger partial charge in [0.1, 0.15) is 11.6 Å². The van der Waals surface area contributed by atoms with Crippen molar-refractivity contribution < 1.29 is 9.13 Å². The molecule has 6 heteroatoms. The molecule has 0 radical (unpaired) electrons. The normalized spacial score (nSPS) is 12.6. The van der Waals surface area contributed by atoms with Crippen molar-refractivity contribution in [3.63, 3.8) is 0 Å². The number of anilines is 1. The van der Waals surface area contributed by atoms with Crippen LogP contribution in [0, 0.1) is 5.82 Å². The van der Waals surface area contributed by atoms with E-state index >= 15 is 0 Å². The van der Waals surface area contributed by atoms with Gasteiger partial charge >= 0.3 is 0 Å². The summed E-state index contributed by atoms with van der Waals surface area (Å²) >= 11 is 0. The maximum Gasteiger partial charge on any atom is 0.261 e. The number of ether oxygens (including phenoxy) is 1. The molecule has 0 aliphatic carbocycles. The molecule has 0 spiro atoms. The fourth-order valence-corrected chi connectivity index (χ4v) is 2.54. The highest BCUT2D eigenvalue weighted by molar-refractivity contribution is 5.47. The standard InChI is InChI=1S/C16H16FN3O2/c1-3-10-8-18-16(20(2)15(10)21)19-9-12-11-6-7-22-14(11)5-4-13(12)17/h3-5,8H,1,6-7,9H2,2H3,(H,18,19). The van der Waals surface area contributed by atoms with Crippen LogP contribution in [-0.2, 0) is 20.0 Å². The largest absolute Gasteiger partial charge is 0.493 e. The van der Waals surface area contributed by atoms with Crippen LogP contribution in [0.2, 0.25) is 0 Å². The van der Waals surface area contributed by atoms with E-state index in [2.05, 4.69) is 16.9 Å². The lowest BCUT2D eigenvalue weighted by Crippen LogP contribution is -2.23. The Kier molecular flexibility index (Phi) is 3.66. The van der Waals surface area contributed by atoms with Crippen molar-refractivity contribution in [2.75, 3.05) is 11.9 Å². The fraction of sp³-hybridized carbons (Fsp3) is 0.250. The molecule has 3 rings (SSSR count). The third-order valence-electron chi connectivity index (χ3n) is 3.78. The average Bonchev–Trinajstić information content (AvgIpc) is 2.99. The summed E-state index contributed by atoms with van der Waals surface area (Å²) in [5, 5.41) is 3.01. The summed E-state index contributed by atoms with van der Waals surface area (Å²) in [5.41, 5.74) is 1.65. The predicted octanol–water partition coefficient (Wildman–Crippen LogP) is 2.11. The summed E-state index contributed by atoms with van der Waals surface area (Å²) in [6.45, 7) is 4.38. The van der Waals surface area contributed by atoms with Gasteiger partial charge in [-0.15, -0.1) is 0 Å². The van der Waals surface area contributed by atoms with E-state index < -0.39 is 0 Å². The molecule has 1 aliphatic rings. The second-order valence-electron chi connectivity index (χ2n) is 5.06. The van der Waals surface area contributed by atoms with Gasteiger partial charge in [0.2, 0.25) is 5.95 Å². The summed E-state index contributed by atoms with van der Waals surface area (Å²) in [6, 6.07) is 3.04. The van der Waals surface area contributed by atoms with E-state index in [0.29, 0.717) is 30.1 Å². The van der Waals surface area contributed by atoms with E-state index in [1.165, 1.54) is 22.9 Å². The number of nitrogens with zero attached hydrogens (tertiary/aromatic N) is 2. The Bertz CT molecular complexity index is 799. The van der Waals surface area contributed by atoms with Crippen molar-refractivity contribution in [2.24, 2.45) is 7.05 Å². The van der Waals surface area contributed by atoms with Gasteiger partial charge in [-0.3, -0.25) is 9.36 Å². The first-order chi connectivity index (χ1) is 10.6. The Morgan fingerprint density at radius 1 is 1.55 bits per heavy atom. The molecule has 2 heterocycles. The van der Waals surface area contributed by atoms with E-state index in [0.717, 1.165) is 11.3 Å². The minimum atomic E-state index is -0.288. The second-order valence-corrected chi connectivity index (χ2v) is 5.06. The smallest absolute Gasteiger partial charge is 0.261 e. The lowest BCUT2D eigenvalue weighted by molar-refractivity contribution is 0.356. The zero-order valence-electron chi connectivity index (χ0n) is 12.2. The molecule has 0 unspecified atom stereocenters. The Labute approximate surface area is 127 Å². The van der Waals surface area contributed by atoms with Gasteiger partial charge < -0.3 is 10.1 Å². The zero-order valence-corrected chi connectivity index (χ0v) is 12.2. The van der Waals surface area contributed by atoms with Crippen molar-refractivity contribution in [2.45, 2.75) is 13.0 Å². The van der Waals surface area contributed by atoms with Gasteiger partial charge in [-0.25, -0.2) is 9.37 Å². The monoisotopic (exact) mass is 301 g/mol. The Morgan fingerprint density at radius 2 is 2.36 bits per heavy atom. The van der Waals surface area contributed by atoms with E-state index in [1.54, 1.807) is 13.1 Å². The van der Waals surface area contributed by atoms with Crippen LogP contribution in [0.1, 0.15) is 16.7 Å².